The van der Waals surface area contributed by atoms with Crippen LogP contribution in [0.15, 0.2) is 35.2 Å². The molecule has 2 rings (SSSR count). The van der Waals surface area contributed by atoms with Gasteiger partial charge >= 0.3 is 0 Å². The maximum Gasteiger partial charge on any atom is 0.263 e. The van der Waals surface area contributed by atoms with Crippen LogP contribution in [0.4, 0.5) is 5.13 Å². The molecule has 0 spiro atoms. The van der Waals surface area contributed by atoms with Crippen molar-refractivity contribution in [2.45, 2.75) is 31.6 Å². The molecule has 0 radical (unpaired) electrons. The summed E-state index contributed by atoms with van der Waals surface area (Å²) in [5.74, 6) is -0.224. The number of anilines is 1. The summed E-state index contributed by atoms with van der Waals surface area (Å²) in [5.41, 5.74) is 0.509. The number of unbranched alkanes of at least 4 members (excludes halogenated alkanes) is 1. The first-order valence-corrected chi connectivity index (χ1v) is 9.57. The molecule has 0 fully saturated rings. The third-order valence-corrected chi connectivity index (χ3v) is 5.65. The highest BCUT2D eigenvalue weighted by Gasteiger charge is 2.19. The molecule has 6 nitrogen and oxygen atoms in total. The van der Waals surface area contributed by atoms with E-state index in [9.17, 15) is 13.2 Å². The Labute approximate surface area is 140 Å². The van der Waals surface area contributed by atoms with Crippen molar-refractivity contribution in [2.75, 3.05) is 11.3 Å². The number of benzene rings is 1. The number of thiazole rings is 1. The Hall–Kier alpha value is -1.93. The monoisotopic (exact) mass is 353 g/mol. The second-order valence-corrected chi connectivity index (χ2v) is 7.64. The van der Waals surface area contributed by atoms with E-state index in [0.717, 1.165) is 24.2 Å². The fraction of sp³-hybridized carbons (Fsp3) is 0.333. The Morgan fingerprint density at radius 1 is 1.26 bits per heavy atom. The Kier molecular flexibility index (Phi) is 5.73. The molecule has 1 heterocycles. The van der Waals surface area contributed by atoms with E-state index in [2.05, 4.69) is 15.0 Å². The molecule has 23 heavy (non-hydrogen) atoms. The maximum absolute atomic E-state index is 12.3. The third-order valence-electron chi connectivity index (χ3n) is 3.09. The van der Waals surface area contributed by atoms with Crippen molar-refractivity contribution in [3.63, 3.8) is 0 Å². The third kappa shape index (κ3) is 4.52. The van der Waals surface area contributed by atoms with Crippen LogP contribution in [0.25, 0.3) is 0 Å². The van der Waals surface area contributed by atoms with Gasteiger partial charge in [0.15, 0.2) is 5.13 Å². The van der Waals surface area contributed by atoms with Crippen molar-refractivity contribution in [1.29, 1.82) is 0 Å². The first-order valence-electron chi connectivity index (χ1n) is 7.27. The van der Waals surface area contributed by atoms with E-state index in [1.165, 1.54) is 12.1 Å². The summed E-state index contributed by atoms with van der Waals surface area (Å²) in [5, 5.41) is 2.99. The second-order valence-electron chi connectivity index (χ2n) is 4.96. The van der Waals surface area contributed by atoms with E-state index in [1.54, 1.807) is 25.1 Å². The normalized spacial score (nSPS) is 11.2. The number of sulfonamides is 1. The molecule has 8 heteroatoms. The minimum absolute atomic E-state index is 0.154. The van der Waals surface area contributed by atoms with Gasteiger partial charge in [-0.1, -0.05) is 42.9 Å². The molecule has 0 bridgehead atoms. The minimum atomic E-state index is -3.70. The molecule has 2 aromatic rings. The molecule has 1 aromatic carbocycles. The van der Waals surface area contributed by atoms with Crippen molar-refractivity contribution in [1.82, 2.24) is 10.3 Å². The van der Waals surface area contributed by atoms with Crippen molar-refractivity contribution < 1.29 is 13.2 Å². The van der Waals surface area contributed by atoms with Crippen LogP contribution in [0, 0.1) is 6.92 Å². The zero-order valence-corrected chi connectivity index (χ0v) is 14.6. The smallest absolute Gasteiger partial charge is 0.263 e. The quantitative estimate of drug-likeness (QED) is 0.749. The number of rotatable bonds is 7. The molecule has 0 aliphatic heterocycles. The number of nitrogens with zero attached hydrogens (tertiary/aromatic N) is 1. The summed E-state index contributed by atoms with van der Waals surface area (Å²) >= 11 is 1.03. The molecule has 0 saturated heterocycles. The lowest BCUT2D eigenvalue weighted by Crippen LogP contribution is -2.24. The van der Waals surface area contributed by atoms with Crippen LogP contribution in [0.3, 0.4) is 0 Å². The summed E-state index contributed by atoms with van der Waals surface area (Å²) in [6, 6.07) is 8.04. The first kappa shape index (κ1) is 17.4. The Morgan fingerprint density at radius 3 is 2.61 bits per heavy atom. The standard InChI is InChI=1S/C15H19N3O3S2/c1-3-4-10-16-14(19)13-11(2)17-15(22-13)18-23(20,21)12-8-6-5-7-9-12/h5-9H,3-4,10H2,1-2H3,(H,16,19)(H,17,18). The number of hydrogen-bond acceptors (Lipinski definition) is 5. The van der Waals surface area contributed by atoms with Crippen LogP contribution in [-0.4, -0.2) is 25.9 Å². The first-order chi connectivity index (χ1) is 10.9. The Bertz CT molecular complexity index is 771. The molecule has 2 N–H and O–H groups in total. The lowest BCUT2D eigenvalue weighted by atomic mass is 10.3. The largest absolute Gasteiger partial charge is 0.351 e. The van der Waals surface area contributed by atoms with Gasteiger partial charge in [0.05, 0.1) is 10.6 Å². The fourth-order valence-electron chi connectivity index (χ4n) is 1.88. The van der Waals surface area contributed by atoms with Gasteiger partial charge in [-0.05, 0) is 25.5 Å². The highest BCUT2D eigenvalue weighted by atomic mass is 32.2. The van der Waals surface area contributed by atoms with E-state index in [0.29, 0.717) is 17.1 Å². The molecule has 1 aromatic heterocycles. The van der Waals surface area contributed by atoms with Crippen molar-refractivity contribution in [2.24, 2.45) is 0 Å². The molecule has 124 valence electrons. The number of aromatic nitrogens is 1. The summed E-state index contributed by atoms with van der Waals surface area (Å²) in [6.45, 7) is 4.32. The molecular formula is C15H19N3O3S2. The van der Waals surface area contributed by atoms with Gasteiger partial charge < -0.3 is 5.32 Å². The van der Waals surface area contributed by atoms with Crippen LogP contribution < -0.4 is 10.0 Å². The van der Waals surface area contributed by atoms with Gasteiger partial charge in [0.1, 0.15) is 4.88 Å². The van der Waals surface area contributed by atoms with E-state index in [-0.39, 0.29) is 15.9 Å². The number of aryl methyl sites for hydroxylation is 1. The van der Waals surface area contributed by atoms with Gasteiger partial charge in [0, 0.05) is 6.54 Å². The van der Waals surface area contributed by atoms with Gasteiger partial charge in [0.2, 0.25) is 0 Å². The SMILES string of the molecule is CCCCNC(=O)c1sc(NS(=O)(=O)c2ccccc2)nc1C. The summed E-state index contributed by atoms with van der Waals surface area (Å²) in [7, 11) is -3.70. The fourth-order valence-corrected chi connectivity index (χ4v) is 4.02. The topological polar surface area (TPSA) is 88.2 Å². The van der Waals surface area contributed by atoms with E-state index >= 15 is 0 Å². The molecule has 0 saturated carbocycles. The van der Waals surface area contributed by atoms with Crippen LogP contribution in [0.2, 0.25) is 0 Å². The van der Waals surface area contributed by atoms with Gasteiger partial charge in [0.25, 0.3) is 15.9 Å². The highest BCUT2D eigenvalue weighted by Crippen LogP contribution is 2.25. The molecule has 0 aliphatic rings. The maximum atomic E-state index is 12.3. The van der Waals surface area contributed by atoms with Crippen LogP contribution in [-0.2, 0) is 10.0 Å². The van der Waals surface area contributed by atoms with Gasteiger partial charge in [-0.25, -0.2) is 13.4 Å². The highest BCUT2D eigenvalue weighted by molar-refractivity contribution is 7.93. The van der Waals surface area contributed by atoms with Gasteiger partial charge in [-0.15, -0.1) is 0 Å². The average molecular weight is 353 g/mol. The number of nitrogens with one attached hydrogen (secondary N) is 2. The summed E-state index contributed by atoms with van der Waals surface area (Å²) in [6.07, 6.45) is 1.89. The zero-order chi connectivity index (χ0) is 16.9. The predicted octanol–water partition coefficient (Wildman–Crippen LogP) is 2.78. The van der Waals surface area contributed by atoms with Crippen LogP contribution in [0.1, 0.15) is 35.1 Å². The Morgan fingerprint density at radius 2 is 1.96 bits per heavy atom. The van der Waals surface area contributed by atoms with Crippen LogP contribution in [0.5, 0.6) is 0 Å². The van der Waals surface area contributed by atoms with E-state index in [1.807, 2.05) is 6.92 Å². The van der Waals surface area contributed by atoms with Gasteiger partial charge in [-0.3, -0.25) is 9.52 Å². The summed E-state index contributed by atoms with van der Waals surface area (Å²) in [4.78, 5) is 16.8. The predicted molar refractivity (Wildman–Crippen MR) is 91.3 cm³/mol. The lowest BCUT2D eigenvalue weighted by Gasteiger charge is -2.04. The van der Waals surface area contributed by atoms with Crippen molar-refractivity contribution in [3.05, 3.63) is 40.9 Å². The number of carbonyl (C=O) groups is 1. The second kappa shape index (κ2) is 7.56. The lowest BCUT2D eigenvalue weighted by molar-refractivity contribution is 0.0956. The van der Waals surface area contributed by atoms with E-state index in [4.69, 9.17) is 0 Å². The molecular weight excluding hydrogens is 334 g/mol. The molecule has 0 unspecified atom stereocenters. The number of carbonyl (C=O) groups excluding carboxylic acids is 1. The number of hydrogen-bond donors (Lipinski definition) is 2. The van der Waals surface area contributed by atoms with Gasteiger partial charge in [-0.2, -0.15) is 0 Å². The van der Waals surface area contributed by atoms with Crippen molar-refractivity contribution in [3.8, 4) is 0 Å². The molecule has 0 atom stereocenters. The minimum Gasteiger partial charge on any atom is -0.351 e. The summed E-state index contributed by atoms with van der Waals surface area (Å²) < 4.78 is 26.9. The average Bonchev–Trinajstić information content (AvgIpc) is 2.88. The van der Waals surface area contributed by atoms with Crippen LogP contribution >= 0.6 is 11.3 Å². The molecule has 1 amide bonds. The molecule has 0 aliphatic carbocycles. The van der Waals surface area contributed by atoms with E-state index < -0.39 is 10.0 Å². The number of amides is 1. The Balaban J connectivity index is 2.13. The van der Waals surface area contributed by atoms with Crippen molar-refractivity contribution >= 4 is 32.4 Å². The zero-order valence-electron chi connectivity index (χ0n) is 13.0.